The van der Waals surface area contributed by atoms with Gasteiger partial charge in [-0.25, -0.2) is 8.42 Å². The average molecular weight is 595 g/mol. The van der Waals surface area contributed by atoms with Crippen LogP contribution in [0.4, 0.5) is 24.5 Å². The first-order valence-electron chi connectivity index (χ1n) is 13.8. The zero-order valence-corrected chi connectivity index (χ0v) is 24.3. The van der Waals surface area contributed by atoms with Crippen molar-refractivity contribution in [3.8, 4) is 17.3 Å². The third-order valence-electron chi connectivity index (χ3n) is 7.83. The summed E-state index contributed by atoms with van der Waals surface area (Å²) in [6, 6.07) is 24.4. The molecule has 10 heteroatoms. The standard InChI is InChI=1S/C32H33F3N4O2S/c1-31(2,20-36)24-10-12-25(13-11-24)37-19-22-6-8-23(9-7-22)30-18-27-28(38-26-14-16-42(40,41)17-15-26)4-3-5-29(27)39(30)21-32(33,34)35/h3-13,18,26,37-38H,14-17,19,21H2,1-2H3. The van der Waals surface area contributed by atoms with Gasteiger partial charge >= 0.3 is 6.18 Å². The van der Waals surface area contributed by atoms with Crippen molar-refractivity contribution < 1.29 is 21.6 Å². The molecule has 0 radical (unpaired) electrons. The minimum atomic E-state index is -4.41. The molecular weight excluding hydrogens is 561 g/mol. The molecule has 0 bridgehead atoms. The molecule has 5 rings (SSSR count). The molecule has 0 spiro atoms. The lowest BCUT2D eigenvalue weighted by Crippen LogP contribution is -2.32. The van der Waals surface area contributed by atoms with Gasteiger partial charge in [0.1, 0.15) is 16.4 Å². The van der Waals surface area contributed by atoms with E-state index in [9.17, 15) is 26.9 Å². The van der Waals surface area contributed by atoms with Gasteiger partial charge in [0.15, 0.2) is 0 Å². The van der Waals surface area contributed by atoms with Crippen LogP contribution in [0.15, 0.2) is 72.8 Å². The lowest BCUT2D eigenvalue weighted by atomic mass is 9.86. The van der Waals surface area contributed by atoms with Crippen molar-refractivity contribution in [3.63, 3.8) is 0 Å². The SMILES string of the molecule is CC(C)(C#N)c1ccc(NCc2ccc(-c3cc4c(NC5CCS(=O)(=O)CC5)cccc4n3CC(F)(F)F)cc2)cc1. The molecule has 2 heterocycles. The molecule has 1 fully saturated rings. The number of hydrogen-bond donors (Lipinski definition) is 2. The largest absolute Gasteiger partial charge is 0.406 e. The van der Waals surface area contributed by atoms with Crippen LogP contribution in [0.5, 0.6) is 0 Å². The number of nitrogens with zero attached hydrogens (tertiary/aromatic N) is 2. The van der Waals surface area contributed by atoms with Crippen molar-refractivity contribution >= 4 is 32.1 Å². The minimum absolute atomic E-state index is 0.0608. The summed E-state index contributed by atoms with van der Waals surface area (Å²) < 4.78 is 66.1. The molecule has 2 N–H and O–H groups in total. The first kappa shape index (κ1) is 29.5. The highest BCUT2D eigenvalue weighted by atomic mass is 32.2. The van der Waals surface area contributed by atoms with Crippen LogP contribution in [-0.4, -0.2) is 36.7 Å². The van der Waals surface area contributed by atoms with E-state index >= 15 is 0 Å². The molecule has 1 aliphatic heterocycles. The Labute approximate surface area is 244 Å². The number of nitrogens with one attached hydrogen (secondary N) is 2. The predicted octanol–water partition coefficient (Wildman–Crippen LogP) is 7.27. The molecule has 0 aliphatic carbocycles. The molecule has 0 saturated carbocycles. The third kappa shape index (κ3) is 6.73. The zero-order chi connectivity index (χ0) is 30.1. The summed E-state index contributed by atoms with van der Waals surface area (Å²) in [4.78, 5) is 0. The Morgan fingerprint density at radius 3 is 2.26 bits per heavy atom. The van der Waals surface area contributed by atoms with Crippen LogP contribution in [0.1, 0.15) is 37.8 Å². The van der Waals surface area contributed by atoms with E-state index in [0.29, 0.717) is 47.2 Å². The number of alkyl halides is 3. The molecule has 1 aromatic heterocycles. The Bertz CT molecular complexity index is 1710. The van der Waals surface area contributed by atoms with E-state index in [1.165, 1.54) is 4.57 Å². The van der Waals surface area contributed by atoms with E-state index in [1.54, 1.807) is 18.2 Å². The lowest BCUT2D eigenvalue weighted by Gasteiger charge is -2.24. The number of hydrogen-bond acceptors (Lipinski definition) is 5. The quantitative estimate of drug-likeness (QED) is 0.224. The topological polar surface area (TPSA) is 86.9 Å². The number of sulfone groups is 1. The maximum absolute atomic E-state index is 13.7. The fourth-order valence-corrected chi connectivity index (χ4v) is 6.81. The zero-order valence-electron chi connectivity index (χ0n) is 23.5. The third-order valence-corrected chi connectivity index (χ3v) is 9.55. The number of anilines is 2. The molecule has 1 aliphatic rings. The number of rotatable bonds is 8. The van der Waals surface area contributed by atoms with E-state index in [1.807, 2.05) is 68.4 Å². The van der Waals surface area contributed by atoms with Crippen molar-refractivity contribution in [2.45, 2.75) is 57.4 Å². The number of fused-ring (bicyclic) bond motifs is 1. The Balaban J connectivity index is 1.38. The smallest absolute Gasteiger partial charge is 0.382 e. The Morgan fingerprint density at radius 2 is 1.64 bits per heavy atom. The average Bonchev–Trinajstić information content (AvgIpc) is 3.31. The number of aromatic nitrogens is 1. The van der Waals surface area contributed by atoms with E-state index in [0.717, 1.165) is 16.8 Å². The summed E-state index contributed by atoms with van der Waals surface area (Å²) in [6.07, 6.45) is -3.48. The highest BCUT2D eigenvalue weighted by Crippen LogP contribution is 2.36. The summed E-state index contributed by atoms with van der Waals surface area (Å²) in [5, 5.41) is 16.7. The fraction of sp³-hybridized carbons (Fsp3) is 0.344. The van der Waals surface area contributed by atoms with E-state index in [4.69, 9.17) is 0 Å². The van der Waals surface area contributed by atoms with Crippen LogP contribution in [0.3, 0.4) is 0 Å². The van der Waals surface area contributed by atoms with Gasteiger partial charge in [-0.3, -0.25) is 0 Å². The highest BCUT2D eigenvalue weighted by molar-refractivity contribution is 7.91. The first-order chi connectivity index (χ1) is 19.8. The summed E-state index contributed by atoms with van der Waals surface area (Å²) >= 11 is 0. The van der Waals surface area contributed by atoms with Crippen LogP contribution in [0, 0.1) is 11.3 Å². The predicted molar refractivity (Wildman–Crippen MR) is 161 cm³/mol. The van der Waals surface area contributed by atoms with E-state index in [-0.39, 0.29) is 17.5 Å². The molecule has 220 valence electrons. The molecule has 42 heavy (non-hydrogen) atoms. The second kappa shape index (κ2) is 11.4. The summed E-state index contributed by atoms with van der Waals surface area (Å²) in [6.45, 7) is 3.14. The molecule has 1 saturated heterocycles. The van der Waals surface area contributed by atoms with Gasteiger partial charge in [0.05, 0.1) is 28.5 Å². The van der Waals surface area contributed by atoms with Crippen molar-refractivity contribution in [1.29, 1.82) is 5.26 Å². The summed E-state index contributed by atoms with van der Waals surface area (Å²) in [7, 11) is -3.03. The summed E-state index contributed by atoms with van der Waals surface area (Å²) in [5.74, 6) is 0.208. The van der Waals surface area contributed by atoms with Gasteiger partial charge in [-0.1, -0.05) is 42.5 Å². The van der Waals surface area contributed by atoms with Crippen LogP contribution in [0.25, 0.3) is 22.2 Å². The van der Waals surface area contributed by atoms with Crippen LogP contribution in [0.2, 0.25) is 0 Å². The Hall–Kier alpha value is -3.97. The summed E-state index contributed by atoms with van der Waals surface area (Å²) in [5.41, 5.74) is 4.51. The van der Waals surface area contributed by atoms with Gasteiger partial charge in [0.2, 0.25) is 0 Å². The molecule has 3 aromatic carbocycles. The molecular formula is C32H33F3N4O2S. The van der Waals surface area contributed by atoms with Crippen molar-refractivity contribution in [1.82, 2.24) is 4.57 Å². The van der Waals surface area contributed by atoms with Gasteiger partial charge in [0, 0.05) is 35.0 Å². The Kier molecular flexibility index (Phi) is 7.99. The maximum Gasteiger partial charge on any atom is 0.406 e. The first-order valence-corrected chi connectivity index (χ1v) is 15.7. The van der Waals surface area contributed by atoms with Crippen molar-refractivity contribution in [2.75, 3.05) is 22.1 Å². The van der Waals surface area contributed by atoms with Gasteiger partial charge < -0.3 is 15.2 Å². The van der Waals surface area contributed by atoms with Crippen molar-refractivity contribution in [2.24, 2.45) is 0 Å². The van der Waals surface area contributed by atoms with Gasteiger partial charge in [-0.15, -0.1) is 0 Å². The van der Waals surface area contributed by atoms with Gasteiger partial charge in [-0.2, -0.15) is 18.4 Å². The van der Waals surface area contributed by atoms with Crippen molar-refractivity contribution in [3.05, 3.63) is 83.9 Å². The van der Waals surface area contributed by atoms with Crippen LogP contribution < -0.4 is 10.6 Å². The van der Waals surface area contributed by atoms with Gasteiger partial charge in [-0.05, 0) is 73.7 Å². The van der Waals surface area contributed by atoms with Crippen LogP contribution in [-0.2, 0) is 28.3 Å². The second-order valence-electron chi connectivity index (χ2n) is 11.4. The molecule has 0 unspecified atom stereocenters. The molecule has 0 amide bonds. The molecule has 6 nitrogen and oxygen atoms in total. The Morgan fingerprint density at radius 1 is 0.976 bits per heavy atom. The second-order valence-corrected chi connectivity index (χ2v) is 13.7. The maximum atomic E-state index is 13.7. The van der Waals surface area contributed by atoms with Gasteiger partial charge in [0.25, 0.3) is 0 Å². The number of nitriles is 1. The number of benzene rings is 3. The molecule has 4 aromatic rings. The minimum Gasteiger partial charge on any atom is -0.382 e. The van der Waals surface area contributed by atoms with Crippen LogP contribution >= 0.6 is 0 Å². The lowest BCUT2D eigenvalue weighted by molar-refractivity contribution is -0.139. The fourth-order valence-electron chi connectivity index (χ4n) is 5.32. The normalized spacial score (nSPS) is 15.8. The van der Waals surface area contributed by atoms with E-state index in [2.05, 4.69) is 16.7 Å². The number of halogens is 3. The molecule has 0 atom stereocenters. The monoisotopic (exact) mass is 594 g/mol. The van der Waals surface area contributed by atoms with E-state index < -0.39 is 28.0 Å². The highest BCUT2D eigenvalue weighted by Gasteiger charge is 2.31.